The van der Waals surface area contributed by atoms with Crippen LogP contribution in [-0.4, -0.2) is 28.0 Å². The van der Waals surface area contributed by atoms with E-state index in [0.717, 1.165) is 6.42 Å². The van der Waals surface area contributed by atoms with Crippen LogP contribution in [0.25, 0.3) is 0 Å². The highest BCUT2D eigenvalue weighted by Crippen LogP contribution is 2.11. The fraction of sp³-hybridized carbons (Fsp3) is 0.615. The second-order valence-corrected chi connectivity index (χ2v) is 5.81. The highest BCUT2D eigenvalue weighted by molar-refractivity contribution is 5.78. The van der Waals surface area contributed by atoms with E-state index in [2.05, 4.69) is 15.6 Å². The molecule has 1 aliphatic heterocycles. The van der Waals surface area contributed by atoms with Crippen molar-refractivity contribution in [3.8, 4) is 0 Å². The summed E-state index contributed by atoms with van der Waals surface area (Å²) in [6.07, 6.45) is 4.65. The van der Waals surface area contributed by atoms with Gasteiger partial charge < -0.3 is 15.2 Å². The molecule has 0 spiro atoms. The Morgan fingerprint density at radius 1 is 1.47 bits per heavy atom. The SMILES string of the molecule is CC(C)(C)n1ccnc(NCC2CCC(=O)N2)c1=O. The smallest absolute Gasteiger partial charge is 0.293 e. The standard InChI is InChI=1S/C13H20N4O2/c1-13(2,3)17-7-6-14-11(12(17)19)15-8-9-4-5-10(18)16-9/h6-7,9H,4-5,8H2,1-3H3,(H,14,15)(H,16,18). The average molecular weight is 264 g/mol. The molecule has 1 aromatic heterocycles. The maximum Gasteiger partial charge on any atom is 0.293 e. The quantitative estimate of drug-likeness (QED) is 0.842. The Morgan fingerprint density at radius 3 is 2.79 bits per heavy atom. The van der Waals surface area contributed by atoms with Gasteiger partial charge in [0.2, 0.25) is 5.91 Å². The normalized spacial score (nSPS) is 19.3. The van der Waals surface area contributed by atoms with E-state index < -0.39 is 0 Å². The zero-order valence-electron chi connectivity index (χ0n) is 11.6. The van der Waals surface area contributed by atoms with E-state index in [1.54, 1.807) is 17.0 Å². The number of rotatable bonds is 3. The first kappa shape index (κ1) is 13.6. The molecule has 1 saturated heterocycles. The fourth-order valence-electron chi connectivity index (χ4n) is 2.11. The van der Waals surface area contributed by atoms with Gasteiger partial charge in [0, 0.05) is 36.9 Å². The monoisotopic (exact) mass is 264 g/mol. The Balaban J connectivity index is 2.09. The van der Waals surface area contributed by atoms with Gasteiger partial charge in [0.15, 0.2) is 5.82 Å². The first-order chi connectivity index (χ1) is 8.88. The van der Waals surface area contributed by atoms with Gasteiger partial charge in [-0.25, -0.2) is 4.98 Å². The highest BCUT2D eigenvalue weighted by Gasteiger charge is 2.21. The molecule has 1 fully saturated rings. The summed E-state index contributed by atoms with van der Waals surface area (Å²) in [5, 5.41) is 5.88. The Morgan fingerprint density at radius 2 is 2.21 bits per heavy atom. The molecule has 1 unspecified atom stereocenters. The van der Waals surface area contributed by atoms with Gasteiger partial charge >= 0.3 is 0 Å². The molecule has 1 atom stereocenters. The van der Waals surface area contributed by atoms with Gasteiger partial charge in [-0.1, -0.05) is 0 Å². The largest absolute Gasteiger partial charge is 0.363 e. The number of hydrogen-bond donors (Lipinski definition) is 2. The minimum Gasteiger partial charge on any atom is -0.363 e. The van der Waals surface area contributed by atoms with Crippen LogP contribution < -0.4 is 16.2 Å². The molecule has 0 saturated carbocycles. The van der Waals surface area contributed by atoms with Gasteiger partial charge in [-0.2, -0.15) is 0 Å². The molecule has 0 bridgehead atoms. The summed E-state index contributed by atoms with van der Waals surface area (Å²) in [5.41, 5.74) is -0.419. The Hall–Kier alpha value is -1.85. The molecule has 6 nitrogen and oxygen atoms in total. The molecule has 19 heavy (non-hydrogen) atoms. The second-order valence-electron chi connectivity index (χ2n) is 5.81. The average Bonchev–Trinajstić information content (AvgIpc) is 2.72. The minimum atomic E-state index is -0.280. The van der Waals surface area contributed by atoms with Crippen molar-refractivity contribution in [2.75, 3.05) is 11.9 Å². The molecular formula is C13H20N4O2. The van der Waals surface area contributed by atoms with Crippen LogP contribution in [0.4, 0.5) is 5.82 Å². The molecule has 1 aliphatic rings. The first-order valence-corrected chi connectivity index (χ1v) is 6.49. The highest BCUT2D eigenvalue weighted by atomic mass is 16.2. The van der Waals surface area contributed by atoms with Crippen molar-refractivity contribution in [3.63, 3.8) is 0 Å². The third-order valence-corrected chi connectivity index (χ3v) is 3.16. The first-order valence-electron chi connectivity index (χ1n) is 6.49. The number of nitrogens with zero attached hydrogens (tertiary/aromatic N) is 2. The Bertz CT molecular complexity index is 530. The molecule has 0 aliphatic carbocycles. The van der Waals surface area contributed by atoms with E-state index in [9.17, 15) is 9.59 Å². The summed E-state index contributed by atoms with van der Waals surface area (Å²) in [4.78, 5) is 27.4. The van der Waals surface area contributed by atoms with Crippen LogP contribution in [0.5, 0.6) is 0 Å². The van der Waals surface area contributed by atoms with Crippen molar-refractivity contribution in [2.45, 2.75) is 45.2 Å². The molecular weight excluding hydrogens is 244 g/mol. The number of carbonyl (C=O) groups is 1. The molecule has 6 heteroatoms. The van der Waals surface area contributed by atoms with Gasteiger partial charge in [0.25, 0.3) is 5.56 Å². The summed E-state index contributed by atoms with van der Waals surface area (Å²) >= 11 is 0. The predicted molar refractivity (Wildman–Crippen MR) is 73.1 cm³/mol. The van der Waals surface area contributed by atoms with E-state index in [-0.39, 0.29) is 23.0 Å². The molecule has 1 aromatic rings. The van der Waals surface area contributed by atoms with Gasteiger partial charge in [0.1, 0.15) is 0 Å². The topological polar surface area (TPSA) is 76.0 Å². The van der Waals surface area contributed by atoms with E-state index >= 15 is 0 Å². The fourth-order valence-corrected chi connectivity index (χ4v) is 2.11. The molecule has 1 amide bonds. The summed E-state index contributed by atoms with van der Waals surface area (Å²) in [5.74, 6) is 0.401. The van der Waals surface area contributed by atoms with Gasteiger partial charge in [-0.3, -0.25) is 9.59 Å². The number of carbonyl (C=O) groups excluding carboxylic acids is 1. The van der Waals surface area contributed by atoms with Crippen molar-refractivity contribution in [2.24, 2.45) is 0 Å². The maximum absolute atomic E-state index is 12.2. The zero-order valence-corrected chi connectivity index (χ0v) is 11.6. The Labute approximate surface area is 112 Å². The van der Waals surface area contributed by atoms with Crippen molar-refractivity contribution in [3.05, 3.63) is 22.7 Å². The van der Waals surface area contributed by atoms with E-state index in [1.165, 1.54) is 0 Å². The van der Waals surface area contributed by atoms with Crippen molar-refractivity contribution < 1.29 is 4.79 Å². The van der Waals surface area contributed by atoms with Crippen LogP contribution >= 0.6 is 0 Å². The van der Waals surface area contributed by atoms with Crippen LogP contribution in [0, 0.1) is 0 Å². The summed E-state index contributed by atoms with van der Waals surface area (Å²) in [6.45, 7) is 6.43. The summed E-state index contributed by atoms with van der Waals surface area (Å²) < 4.78 is 1.65. The van der Waals surface area contributed by atoms with E-state index in [0.29, 0.717) is 18.8 Å². The number of aromatic nitrogens is 2. The molecule has 0 radical (unpaired) electrons. The number of amides is 1. The zero-order chi connectivity index (χ0) is 14.0. The van der Waals surface area contributed by atoms with Crippen molar-refractivity contribution in [1.82, 2.24) is 14.9 Å². The number of nitrogens with one attached hydrogen (secondary N) is 2. The minimum absolute atomic E-state index is 0.0694. The predicted octanol–water partition coefficient (Wildman–Crippen LogP) is 0.689. The van der Waals surface area contributed by atoms with Crippen LogP contribution in [0.2, 0.25) is 0 Å². The lowest BCUT2D eigenvalue weighted by Crippen LogP contribution is -2.37. The lowest BCUT2D eigenvalue weighted by Gasteiger charge is -2.22. The molecule has 0 aromatic carbocycles. The van der Waals surface area contributed by atoms with Crippen molar-refractivity contribution >= 4 is 11.7 Å². The lowest BCUT2D eigenvalue weighted by molar-refractivity contribution is -0.119. The van der Waals surface area contributed by atoms with E-state index in [1.807, 2.05) is 20.8 Å². The van der Waals surface area contributed by atoms with Crippen LogP contribution in [-0.2, 0) is 10.3 Å². The van der Waals surface area contributed by atoms with Crippen LogP contribution in [0.3, 0.4) is 0 Å². The maximum atomic E-state index is 12.2. The summed E-state index contributed by atoms with van der Waals surface area (Å²) in [6, 6.07) is 0.0805. The molecule has 104 valence electrons. The summed E-state index contributed by atoms with van der Waals surface area (Å²) in [7, 11) is 0. The second kappa shape index (κ2) is 5.03. The molecule has 2 rings (SSSR count). The van der Waals surface area contributed by atoms with Gasteiger partial charge in [-0.15, -0.1) is 0 Å². The Kier molecular flexibility index (Phi) is 3.59. The number of anilines is 1. The van der Waals surface area contributed by atoms with E-state index in [4.69, 9.17) is 0 Å². The third-order valence-electron chi connectivity index (χ3n) is 3.16. The van der Waals surface area contributed by atoms with Gasteiger partial charge in [-0.05, 0) is 27.2 Å². The van der Waals surface area contributed by atoms with Crippen LogP contribution in [0.1, 0.15) is 33.6 Å². The third kappa shape index (κ3) is 3.13. The lowest BCUT2D eigenvalue weighted by atomic mass is 10.1. The van der Waals surface area contributed by atoms with Gasteiger partial charge in [0.05, 0.1) is 0 Å². The van der Waals surface area contributed by atoms with Crippen molar-refractivity contribution in [1.29, 1.82) is 0 Å². The number of hydrogen-bond acceptors (Lipinski definition) is 4. The molecule has 2 heterocycles. The molecule has 2 N–H and O–H groups in total. The van der Waals surface area contributed by atoms with Crippen LogP contribution in [0.15, 0.2) is 17.2 Å².